The lowest BCUT2D eigenvalue weighted by Crippen LogP contribution is -2.49. The molecule has 0 aromatic heterocycles. The van der Waals surface area contributed by atoms with Crippen LogP contribution in [0.4, 0.5) is 0 Å². The summed E-state index contributed by atoms with van der Waals surface area (Å²) in [6.45, 7) is 2.74. The van der Waals surface area contributed by atoms with Crippen LogP contribution in [0.2, 0.25) is 0 Å². The molecule has 1 aromatic rings. The normalized spacial score (nSPS) is 23.0. The van der Waals surface area contributed by atoms with E-state index in [0.29, 0.717) is 38.7 Å². The molecule has 3 rings (SSSR count). The summed E-state index contributed by atoms with van der Waals surface area (Å²) >= 11 is 0. The van der Waals surface area contributed by atoms with Crippen LogP contribution in [0.1, 0.15) is 24.0 Å². The first-order valence-corrected chi connectivity index (χ1v) is 9.84. The Hall–Kier alpha value is -1.15. The number of hydrogen-bond donors (Lipinski definition) is 0. The van der Waals surface area contributed by atoms with Gasteiger partial charge < -0.3 is 9.47 Å². The van der Waals surface area contributed by atoms with Gasteiger partial charge >= 0.3 is 0 Å². The Morgan fingerprint density at radius 2 is 2.00 bits per heavy atom. The van der Waals surface area contributed by atoms with E-state index in [1.807, 2.05) is 18.2 Å². The van der Waals surface area contributed by atoms with Crippen molar-refractivity contribution in [2.24, 2.45) is 5.92 Å². The molecule has 2 aliphatic heterocycles. The zero-order chi connectivity index (χ0) is 17.2. The Kier molecular flexibility index (Phi) is 5.44. The van der Waals surface area contributed by atoms with Gasteiger partial charge in [0.15, 0.2) is 0 Å². The minimum absolute atomic E-state index is 0.292. The summed E-state index contributed by atoms with van der Waals surface area (Å²) in [6, 6.07) is 5.87. The van der Waals surface area contributed by atoms with Crippen LogP contribution in [-0.2, 0) is 27.9 Å². The summed E-state index contributed by atoms with van der Waals surface area (Å²) in [5.41, 5.74) is 2.24. The predicted molar refractivity (Wildman–Crippen MR) is 92.2 cm³/mol. The highest BCUT2D eigenvalue weighted by atomic mass is 32.2. The van der Waals surface area contributed by atoms with Gasteiger partial charge in [0, 0.05) is 33.3 Å². The van der Waals surface area contributed by atoms with Crippen LogP contribution >= 0.6 is 0 Å². The molecule has 0 spiro atoms. The second-order valence-electron chi connectivity index (χ2n) is 6.55. The van der Waals surface area contributed by atoms with Gasteiger partial charge in [0.05, 0.1) is 13.7 Å². The molecule has 6 nitrogen and oxygen atoms in total. The second kappa shape index (κ2) is 7.39. The highest BCUT2D eigenvalue weighted by Gasteiger charge is 2.35. The summed E-state index contributed by atoms with van der Waals surface area (Å²) in [7, 11) is -0.0980. The minimum Gasteiger partial charge on any atom is -0.497 e. The average Bonchev–Trinajstić information content (AvgIpc) is 2.61. The van der Waals surface area contributed by atoms with E-state index in [-0.39, 0.29) is 0 Å². The van der Waals surface area contributed by atoms with Gasteiger partial charge in [0.2, 0.25) is 0 Å². The lowest BCUT2D eigenvalue weighted by molar-refractivity contribution is 0.116. The number of benzene rings is 1. The molecule has 7 heteroatoms. The van der Waals surface area contributed by atoms with Crippen LogP contribution in [0, 0.1) is 5.92 Å². The number of rotatable bonds is 5. The molecular weight excluding hydrogens is 328 g/mol. The Balaban J connectivity index is 1.73. The third-order valence-corrected chi connectivity index (χ3v) is 6.88. The smallest absolute Gasteiger partial charge is 0.282 e. The van der Waals surface area contributed by atoms with Gasteiger partial charge in [-0.25, -0.2) is 0 Å². The van der Waals surface area contributed by atoms with Crippen LogP contribution in [0.25, 0.3) is 0 Å². The van der Waals surface area contributed by atoms with Crippen molar-refractivity contribution in [3.05, 3.63) is 29.3 Å². The van der Waals surface area contributed by atoms with Crippen molar-refractivity contribution in [2.75, 3.05) is 40.5 Å². The van der Waals surface area contributed by atoms with Gasteiger partial charge in [0.25, 0.3) is 10.2 Å². The van der Waals surface area contributed by atoms with Crippen LogP contribution in [0.15, 0.2) is 18.2 Å². The van der Waals surface area contributed by atoms with Crippen molar-refractivity contribution in [2.45, 2.75) is 25.8 Å². The molecule has 0 aliphatic carbocycles. The fraction of sp³-hybridized carbons (Fsp3) is 0.647. The molecule has 1 saturated heterocycles. The van der Waals surface area contributed by atoms with Crippen LogP contribution in [0.5, 0.6) is 5.75 Å². The third kappa shape index (κ3) is 3.59. The van der Waals surface area contributed by atoms with Crippen molar-refractivity contribution in [1.29, 1.82) is 0 Å². The summed E-state index contributed by atoms with van der Waals surface area (Å²) in [6.07, 6.45) is 2.65. The summed E-state index contributed by atoms with van der Waals surface area (Å²) in [4.78, 5) is 0. The number of piperidine rings is 1. The van der Waals surface area contributed by atoms with Gasteiger partial charge in [-0.2, -0.15) is 17.0 Å². The van der Waals surface area contributed by atoms with E-state index in [0.717, 1.165) is 30.6 Å². The first-order chi connectivity index (χ1) is 11.5. The van der Waals surface area contributed by atoms with E-state index in [4.69, 9.17) is 9.47 Å². The Bertz CT molecular complexity index is 675. The van der Waals surface area contributed by atoms with E-state index in [9.17, 15) is 8.42 Å². The maximum absolute atomic E-state index is 13.0. The van der Waals surface area contributed by atoms with E-state index in [1.54, 1.807) is 22.8 Å². The van der Waals surface area contributed by atoms with Gasteiger partial charge in [-0.3, -0.25) is 0 Å². The SMILES string of the molecule is COCC1CCCN(S(=O)(=O)N2CCc3cc(OC)ccc3C2)C1. The maximum Gasteiger partial charge on any atom is 0.282 e. The van der Waals surface area contributed by atoms with Crippen molar-refractivity contribution < 1.29 is 17.9 Å². The molecule has 1 unspecified atom stereocenters. The Morgan fingerprint density at radius 1 is 1.17 bits per heavy atom. The van der Waals surface area contributed by atoms with Gasteiger partial charge in [-0.15, -0.1) is 0 Å². The molecule has 24 heavy (non-hydrogen) atoms. The molecule has 2 heterocycles. The molecule has 0 bridgehead atoms. The first kappa shape index (κ1) is 17.7. The van der Waals surface area contributed by atoms with Crippen molar-refractivity contribution in [3.8, 4) is 5.75 Å². The monoisotopic (exact) mass is 354 g/mol. The van der Waals surface area contributed by atoms with Crippen molar-refractivity contribution in [3.63, 3.8) is 0 Å². The summed E-state index contributed by atoms with van der Waals surface area (Å²) < 4.78 is 39.7. The highest BCUT2D eigenvalue weighted by molar-refractivity contribution is 7.86. The Labute approximate surface area is 144 Å². The molecule has 0 saturated carbocycles. The Morgan fingerprint density at radius 3 is 2.75 bits per heavy atom. The molecule has 1 aromatic carbocycles. The lowest BCUT2D eigenvalue weighted by Gasteiger charge is -2.37. The maximum atomic E-state index is 13.0. The van der Waals surface area contributed by atoms with Gasteiger partial charge in [-0.05, 0) is 48.4 Å². The van der Waals surface area contributed by atoms with Crippen LogP contribution in [-0.4, -0.2) is 57.5 Å². The number of fused-ring (bicyclic) bond motifs is 1. The zero-order valence-electron chi connectivity index (χ0n) is 14.4. The standard InChI is InChI=1S/C17H26N2O4S/c1-22-13-14-4-3-8-18(11-14)24(20,21)19-9-7-15-10-17(23-2)6-5-16(15)12-19/h5-6,10,14H,3-4,7-9,11-13H2,1-2H3. The van der Waals surface area contributed by atoms with Crippen LogP contribution in [0.3, 0.4) is 0 Å². The van der Waals surface area contributed by atoms with Gasteiger partial charge in [0.1, 0.15) is 5.75 Å². The fourth-order valence-electron chi connectivity index (χ4n) is 3.60. The zero-order valence-corrected chi connectivity index (χ0v) is 15.2. The lowest BCUT2D eigenvalue weighted by atomic mass is 10.0. The van der Waals surface area contributed by atoms with Crippen LogP contribution < -0.4 is 4.74 Å². The predicted octanol–water partition coefficient (Wildman–Crippen LogP) is 1.66. The minimum atomic E-state index is -3.41. The molecule has 0 radical (unpaired) electrons. The average molecular weight is 354 g/mol. The molecule has 2 aliphatic rings. The summed E-state index contributed by atoms with van der Waals surface area (Å²) in [5, 5.41) is 0. The molecule has 1 fully saturated rings. The fourth-order valence-corrected chi connectivity index (χ4v) is 5.31. The van der Waals surface area contributed by atoms with Crippen molar-refractivity contribution in [1.82, 2.24) is 8.61 Å². The molecular formula is C17H26N2O4S. The third-order valence-electron chi connectivity index (χ3n) is 4.93. The quantitative estimate of drug-likeness (QED) is 0.807. The highest BCUT2D eigenvalue weighted by Crippen LogP contribution is 2.28. The van der Waals surface area contributed by atoms with Gasteiger partial charge in [-0.1, -0.05) is 6.07 Å². The van der Waals surface area contributed by atoms with E-state index < -0.39 is 10.2 Å². The van der Waals surface area contributed by atoms with E-state index >= 15 is 0 Å². The van der Waals surface area contributed by atoms with E-state index in [1.165, 1.54) is 5.56 Å². The van der Waals surface area contributed by atoms with E-state index in [2.05, 4.69) is 0 Å². The topological polar surface area (TPSA) is 59.1 Å². The largest absolute Gasteiger partial charge is 0.497 e. The van der Waals surface area contributed by atoms with Crippen molar-refractivity contribution >= 4 is 10.2 Å². The summed E-state index contributed by atoms with van der Waals surface area (Å²) in [5.74, 6) is 1.11. The molecule has 1 atom stereocenters. The molecule has 0 amide bonds. The number of ether oxygens (including phenoxy) is 2. The first-order valence-electron chi connectivity index (χ1n) is 8.44. The number of hydrogen-bond acceptors (Lipinski definition) is 4. The second-order valence-corrected chi connectivity index (χ2v) is 8.48. The number of methoxy groups -OCH3 is 2. The number of nitrogens with zero attached hydrogens (tertiary/aromatic N) is 2. The molecule has 134 valence electrons. The molecule has 0 N–H and O–H groups in total.